The molecule has 1 aliphatic rings. The fourth-order valence-corrected chi connectivity index (χ4v) is 4.27. The lowest BCUT2D eigenvalue weighted by Gasteiger charge is -2.31. The lowest BCUT2D eigenvalue weighted by Crippen LogP contribution is -2.47. The van der Waals surface area contributed by atoms with E-state index in [1.54, 1.807) is 0 Å². The van der Waals surface area contributed by atoms with Gasteiger partial charge in [-0.1, -0.05) is 6.07 Å². The van der Waals surface area contributed by atoms with Gasteiger partial charge in [-0.05, 0) is 31.4 Å². The van der Waals surface area contributed by atoms with Crippen molar-refractivity contribution in [2.24, 2.45) is 0 Å². The van der Waals surface area contributed by atoms with Crippen molar-refractivity contribution in [3.8, 4) is 0 Å². The number of carboxylic acids is 1. The van der Waals surface area contributed by atoms with Crippen molar-refractivity contribution in [2.45, 2.75) is 30.2 Å². The average Bonchev–Trinajstić information content (AvgIpc) is 2.46. The third kappa shape index (κ3) is 2.79. The van der Waals surface area contributed by atoms with Gasteiger partial charge >= 0.3 is 11.7 Å². The number of piperidine rings is 1. The van der Waals surface area contributed by atoms with Crippen molar-refractivity contribution in [1.29, 1.82) is 0 Å². The van der Waals surface area contributed by atoms with Gasteiger partial charge in [-0.15, -0.1) is 0 Å². The van der Waals surface area contributed by atoms with Crippen LogP contribution in [-0.4, -0.2) is 41.3 Å². The van der Waals surface area contributed by atoms with Crippen LogP contribution in [0.1, 0.15) is 19.3 Å². The molecule has 1 heterocycles. The van der Waals surface area contributed by atoms with E-state index in [9.17, 15) is 27.7 Å². The van der Waals surface area contributed by atoms with E-state index in [1.807, 2.05) is 0 Å². The number of rotatable bonds is 4. The number of benzene rings is 1. The number of halogens is 1. The predicted molar refractivity (Wildman–Crippen MR) is 72.2 cm³/mol. The van der Waals surface area contributed by atoms with Crippen molar-refractivity contribution < 1.29 is 27.6 Å². The molecule has 1 aliphatic heterocycles. The number of nitro benzene ring substituents is 1. The maximum absolute atomic E-state index is 13.6. The Kier molecular flexibility index (Phi) is 4.42. The number of carbonyl (C=O) groups is 1. The number of aliphatic carboxylic acids is 1. The van der Waals surface area contributed by atoms with Crippen LogP contribution in [0.15, 0.2) is 23.1 Å². The Morgan fingerprint density at radius 3 is 2.68 bits per heavy atom. The standard InChI is InChI=1S/C12H13FN2O6S/c13-8-4-3-6-10(11(8)15(18)19)22(20,21)14-7-2-1-5-9(14)12(16)17/h3-4,6,9H,1-2,5,7H2,(H,16,17). The Balaban J connectivity index is 2.57. The maximum Gasteiger partial charge on any atom is 0.324 e. The summed E-state index contributed by atoms with van der Waals surface area (Å²) in [4.78, 5) is 20.2. The van der Waals surface area contributed by atoms with Crippen molar-refractivity contribution in [2.75, 3.05) is 6.54 Å². The first-order chi connectivity index (χ1) is 10.3. The van der Waals surface area contributed by atoms with Crippen LogP contribution in [0.4, 0.5) is 10.1 Å². The largest absolute Gasteiger partial charge is 0.480 e. The summed E-state index contributed by atoms with van der Waals surface area (Å²) >= 11 is 0. The topological polar surface area (TPSA) is 118 Å². The van der Waals surface area contributed by atoms with Crippen LogP contribution in [0.3, 0.4) is 0 Å². The summed E-state index contributed by atoms with van der Waals surface area (Å²) in [6.07, 6.45) is 1.08. The van der Waals surface area contributed by atoms with E-state index in [0.717, 1.165) is 18.2 Å². The lowest BCUT2D eigenvalue weighted by molar-refractivity contribution is -0.390. The molecule has 1 fully saturated rings. The highest BCUT2D eigenvalue weighted by Gasteiger charge is 2.41. The summed E-state index contributed by atoms with van der Waals surface area (Å²) in [5.74, 6) is -2.61. The third-order valence-corrected chi connectivity index (χ3v) is 5.40. The molecule has 1 unspecified atom stereocenters. The van der Waals surface area contributed by atoms with Gasteiger partial charge in [0.15, 0.2) is 4.90 Å². The minimum atomic E-state index is -4.48. The lowest BCUT2D eigenvalue weighted by atomic mass is 10.1. The van der Waals surface area contributed by atoms with Gasteiger partial charge in [-0.25, -0.2) is 8.42 Å². The Labute approximate surface area is 125 Å². The fourth-order valence-electron chi connectivity index (χ4n) is 2.45. The fraction of sp³-hybridized carbons (Fsp3) is 0.417. The molecule has 0 bridgehead atoms. The van der Waals surface area contributed by atoms with E-state index in [2.05, 4.69) is 0 Å². The summed E-state index contributed by atoms with van der Waals surface area (Å²) in [6, 6.07) is 1.42. The van der Waals surface area contributed by atoms with Gasteiger partial charge in [0.25, 0.3) is 10.0 Å². The van der Waals surface area contributed by atoms with Gasteiger partial charge in [-0.2, -0.15) is 8.70 Å². The highest BCUT2D eigenvalue weighted by atomic mass is 32.2. The summed E-state index contributed by atoms with van der Waals surface area (Å²) in [5.41, 5.74) is -1.17. The van der Waals surface area contributed by atoms with E-state index in [0.29, 0.717) is 17.1 Å². The SMILES string of the molecule is O=C(O)C1CCCCN1S(=O)(=O)c1cccc(F)c1[N+](=O)[O-]. The normalized spacial score (nSPS) is 19.8. The molecule has 0 spiro atoms. The van der Waals surface area contributed by atoms with E-state index in [-0.39, 0.29) is 13.0 Å². The molecule has 0 aromatic heterocycles. The predicted octanol–water partition coefficient (Wildman–Crippen LogP) is 1.36. The highest BCUT2D eigenvalue weighted by molar-refractivity contribution is 7.89. The number of hydrogen-bond acceptors (Lipinski definition) is 5. The smallest absolute Gasteiger partial charge is 0.324 e. The van der Waals surface area contributed by atoms with Crippen LogP contribution >= 0.6 is 0 Å². The van der Waals surface area contributed by atoms with E-state index in [1.165, 1.54) is 0 Å². The zero-order chi connectivity index (χ0) is 16.5. The third-order valence-electron chi connectivity index (χ3n) is 3.46. The molecule has 0 amide bonds. The molecule has 1 atom stereocenters. The second-order valence-electron chi connectivity index (χ2n) is 4.81. The maximum atomic E-state index is 13.6. The van der Waals surface area contributed by atoms with Gasteiger partial charge in [0, 0.05) is 6.54 Å². The molecule has 2 rings (SSSR count). The molecule has 120 valence electrons. The number of nitro groups is 1. The molecule has 0 radical (unpaired) electrons. The average molecular weight is 332 g/mol. The molecule has 22 heavy (non-hydrogen) atoms. The minimum Gasteiger partial charge on any atom is -0.480 e. The zero-order valence-electron chi connectivity index (χ0n) is 11.3. The Morgan fingerprint density at radius 2 is 2.09 bits per heavy atom. The number of sulfonamides is 1. The number of para-hydroxylation sites is 1. The number of nitrogens with zero attached hydrogens (tertiary/aromatic N) is 2. The molecule has 8 nitrogen and oxygen atoms in total. The summed E-state index contributed by atoms with van der Waals surface area (Å²) in [6.45, 7) is -0.0764. The van der Waals surface area contributed by atoms with Crippen molar-refractivity contribution in [3.05, 3.63) is 34.1 Å². The van der Waals surface area contributed by atoms with Gasteiger partial charge < -0.3 is 5.11 Å². The Bertz CT molecular complexity index is 720. The first kappa shape index (κ1) is 16.3. The monoisotopic (exact) mass is 332 g/mol. The van der Waals surface area contributed by atoms with Gasteiger partial charge in [-0.3, -0.25) is 14.9 Å². The molecule has 1 N–H and O–H groups in total. The van der Waals surface area contributed by atoms with E-state index in [4.69, 9.17) is 5.11 Å². The molecule has 1 aromatic carbocycles. The molecular weight excluding hydrogens is 319 g/mol. The molecule has 10 heteroatoms. The first-order valence-corrected chi connectivity index (χ1v) is 7.88. The first-order valence-electron chi connectivity index (χ1n) is 6.44. The Hall–Kier alpha value is -2.07. The van der Waals surface area contributed by atoms with Crippen LogP contribution in [0.5, 0.6) is 0 Å². The zero-order valence-corrected chi connectivity index (χ0v) is 12.1. The Morgan fingerprint density at radius 1 is 1.41 bits per heavy atom. The summed E-state index contributed by atoms with van der Waals surface area (Å²) < 4.78 is 39.5. The van der Waals surface area contributed by atoms with E-state index >= 15 is 0 Å². The van der Waals surface area contributed by atoms with Gasteiger partial charge in [0.05, 0.1) is 4.92 Å². The molecule has 0 aliphatic carbocycles. The molecule has 1 aromatic rings. The van der Waals surface area contributed by atoms with Crippen molar-refractivity contribution in [1.82, 2.24) is 4.31 Å². The van der Waals surface area contributed by atoms with E-state index < -0.39 is 43.4 Å². The van der Waals surface area contributed by atoms with Crippen molar-refractivity contribution in [3.63, 3.8) is 0 Å². The highest BCUT2D eigenvalue weighted by Crippen LogP contribution is 2.32. The van der Waals surface area contributed by atoms with Crippen LogP contribution in [0, 0.1) is 15.9 Å². The number of carboxylic acid groups (broad SMARTS) is 1. The summed E-state index contributed by atoms with van der Waals surface area (Å²) in [7, 11) is -4.48. The molecule has 1 saturated heterocycles. The quantitative estimate of drug-likeness (QED) is 0.657. The van der Waals surface area contributed by atoms with Crippen molar-refractivity contribution >= 4 is 21.7 Å². The van der Waals surface area contributed by atoms with Crippen LogP contribution in [-0.2, 0) is 14.8 Å². The molecular formula is C12H13FN2O6S. The van der Waals surface area contributed by atoms with Crippen LogP contribution < -0.4 is 0 Å². The van der Waals surface area contributed by atoms with Gasteiger partial charge in [0.2, 0.25) is 5.82 Å². The summed E-state index contributed by atoms with van der Waals surface area (Å²) in [5, 5.41) is 20.1. The van der Waals surface area contributed by atoms with Gasteiger partial charge in [0.1, 0.15) is 6.04 Å². The molecule has 0 saturated carbocycles. The second kappa shape index (κ2) is 5.97. The van der Waals surface area contributed by atoms with Crippen LogP contribution in [0.2, 0.25) is 0 Å². The number of hydrogen-bond donors (Lipinski definition) is 1. The van der Waals surface area contributed by atoms with Crippen LogP contribution in [0.25, 0.3) is 0 Å². The minimum absolute atomic E-state index is 0.0764. The second-order valence-corrected chi connectivity index (χ2v) is 6.67.